The molecule has 0 radical (unpaired) electrons. The van der Waals surface area contributed by atoms with Crippen molar-refractivity contribution in [3.05, 3.63) is 12.2 Å². The molecular formula is C51H92O3. The van der Waals surface area contributed by atoms with Gasteiger partial charge in [0, 0.05) is 18.8 Å². The summed E-state index contributed by atoms with van der Waals surface area (Å²) in [7, 11) is 0. The predicted octanol–water partition coefficient (Wildman–Crippen LogP) is 16.3. The molecule has 3 aliphatic carbocycles. The van der Waals surface area contributed by atoms with Crippen LogP contribution in [-0.2, 0) is 14.3 Å². The third kappa shape index (κ3) is 22.6. The van der Waals surface area contributed by atoms with Crippen LogP contribution in [0.2, 0.25) is 0 Å². The summed E-state index contributed by atoms with van der Waals surface area (Å²) in [6.07, 6.45) is 52.2. The lowest BCUT2D eigenvalue weighted by atomic mass is 9.89. The highest BCUT2D eigenvalue weighted by Gasteiger charge is 2.37. The molecular weight excluding hydrogens is 661 g/mol. The lowest BCUT2D eigenvalue weighted by Crippen LogP contribution is -2.23. The van der Waals surface area contributed by atoms with Gasteiger partial charge in [-0.25, -0.2) is 0 Å². The molecule has 314 valence electrons. The topological polar surface area (TPSA) is 43.4 Å². The first-order valence-corrected chi connectivity index (χ1v) is 24.9. The summed E-state index contributed by atoms with van der Waals surface area (Å²) in [6, 6.07) is 0. The summed E-state index contributed by atoms with van der Waals surface area (Å²) in [5, 5.41) is 0. The average molecular weight is 753 g/mol. The minimum Gasteiger partial charge on any atom is -0.462 e. The van der Waals surface area contributed by atoms with Crippen LogP contribution in [0.15, 0.2) is 12.2 Å². The third-order valence-electron chi connectivity index (χ3n) is 14.0. The standard InChI is InChI=1S/C51H92O3/c1-4-7-10-12-18-25-31-43-40-45(43)33-27-20-14-16-22-29-35-48(54-51(53)42-47-38-39-50(52)49(47)37-24-9-6-3)36-30-23-17-15-21-28-34-46-41-44(46)32-26-19-13-11-8-5-2/h9,24,43-49H,4-8,10-23,25-42H2,1-3H3/b24-9-. The Bertz CT molecular complexity index is 908. The maximum Gasteiger partial charge on any atom is 0.306 e. The Morgan fingerprint density at radius 3 is 1.39 bits per heavy atom. The molecule has 0 amide bonds. The number of carbonyl (C=O) groups is 2. The first-order chi connectivity index (χ1) is 26.5. The number of ketones is 1. The van der Waals surface area contributed by atoms with Crippen molar-refractivity contribution in [2.45, 2.75) is 264 Å². The van der Waals surface area contributed by atoms with E-state index in [2.05, 4.69) is 32.9 Å². The molecule has 54 heavy (non-hydrogen) atoms. The van der Waals surface area contributed by atoms with Gasteiger partial charge in [0.05, 0.1) is 0 Å². The lowest BCUT2D eigenvalue weighted by Gasteiger charge is -2.21. The number of esters is 1. The number of carbonyl (C=O) groups excluding carboxylic acids is 2. The second-order valence-corrected chi connectivity index (χ2v) is 18.8. The van der Waals surface area contributed by atoms with E-state index in [-0.39, 0.29) is 23.9 Å². The summed E-state index contributed by atoms with van der Waals surface area (Å²) in [5.41, 5.74) is 0. The van der Waals surface area contributed by atoms with Crippen LogP contribution in [0.4, 0.5) is 0 Å². The molecule has 0 aromatic carbocycles. The predicted molar refractivity (Wildman–Crippen MR) is 233 cm³/mol. The fourth-order valence-corrected chi connectivity index (χ4v) is 10.0. The van der Waals surface area contributed by atoms with Crippen molar-refractivity contribution in [2.75, 3.05) is 0 Å². The first-order valence-electron chi connectivity index (χ1n) is 24.9. The maximum absolute atomic E-state index is 13.2. The molecule has 3 fully saturated rings. The molecule has 6 unspecified atom stereocenters. The van der Waals surface area contributed by atoms with Gasteiger partial charge in [-0.15, -0.1) is 0 Å². The smallest absolute Gasteiger partial charge is 0.306 e. The van der Waals surface area contributed by atoms with E-state index in [9.17, 15) is 9.59 Å². The number of unbranched alkanes of at least 4 members (excludes halogenated alkanes) is 20. The molecule has 0 aromatic rings. The number of Topliss-reactive ketones (excluding diaryl/α,β-unsaturated/α-hetero) is 1. The van der Waals surface area contributed by atoms with E-state index >= 15 is 0 Å². The highest BCUT2D eigenvalue weighted by Crippen LogP contribution is 2.46. The zero-order chi connectivity index (χ0) is 38.5. The van der Waals surface area contributed by atoms with Crippen molar-refractivity contribution in [2.24, 2.45) is 35.5 Å². The van der Waals surface area contributed by atoms with E-state index in [1.165, 1.54) is 193 Å². The quantitative estimate of drug-likeness (QED) is 0.0358. The van der Waals surface area contributed by atoms with E-state index in [1.54, 1.807) is 0 Å². The van der Waals surface area contributed by atoms with Gasteiger partial charge in [-0.3, -0.25) is 9.59 Å². The van der Waals surface area contributed by atoms with E-state index in [4.69, 9.17) is 4.74 Å². The Balaban J connectivity index is 1.24. The van der Waals surface area contributed by atoms with Crippen molar-refractivity contribution < 1.29 is 14.3 Å². The molecule has 0 heterocycles. The zero-order valence-corrected chi connectivity index (χ0v) is 36.6. The van der Waals surface area contributed by atoms with E-state index in [0.29, 0.717) is 18.6 Å². The average Bonchev–Trinajstić information content (AvgIpc) is 4.08. The number of allylic oxidation sites excluding steroid dienone is 2. The molecule has 0 aliphatic heterocycles. The van der Waals surface area contributed by atoms with E-state index < -0.39 is 0 Å². The van der Waals surface area contributed by atoms with Crippen molar-refractivity contribution in [3.8, 4) is 0 Å². The number of ether oxygens (including phenoxy) is 1. The molecule has 6 atom stereocenters. The van der Waals surface area contributed by atoms with Gasteiger partial charge in [0.15, 0.2) is 0 Å². The van der Waals surface area contributed by atoms with Gasteiger partial charge in [0.25, 0.3) is 0 Å². The van der Waals surface area contributed by atoms with Crippen LogP contribution in [0, 0.1) is 35.5 Å². The second-order valence-electron chi connectivity index (χ2n) is 18.8. The van der Waals surface area contributed by atoms with Crippen LogP contribution >= 0.6 is 0 Å². The zero-order valence-electron chi connectivity index (χ0n) is 36.6. The molecule has 3 aliphatic rings. The fourth-order valence-electron chi connectivity index (χ4n) is 10.0. The Labute approximate surface area is 337 Å². The number of hydrogen-bond donors (Lipinski definition) is 0. The van der Waals surface area contributed by atoms with Crippen LogP contribution in [-0.4, -0.2) is 17.9 Å². The SMILES string of the molecule is CC/C=C\CC1C(=O)CCC1CC(=O)OC(CCCCCCCCC1CC1CCCCCCCC)CCCCCCCCC1CC1CCCCCCCC. The van der Waals surface area contributed by atoms with E-state index in [0.717, 1.165) is 55.8 Å². The highest BCUT2D eigenvalue weighted by atomic mass is 16.5. The minimum absolute atomic E-state index is 0.0102. The number of rotatable bonds is 38. The molecule has 0 N–H and O–H groups in total. The molecule has 0 saturated heterocycles. The molecule has 3 rings (SSSR count). The molecule has 0 aromatic heterocycles. The summed E-state index contributed by atoms with van der Waals surface area (Å²) >= 11 is 0. The van der Waals surface area contributed by atoms with Gasteiger partial charge in [0.2, 0.25) is 0 Å². The Morgan fingerprint density at radius 2 is 0.963 bits per heavy atom. The van der Waals surface area contributed by atoms with Crippen LogP contribution < -0.4 is 0 Å². The van der Waals surface area contributed by atoms with Crippen molar-refractivity contribution >= 4 is 11.8 Å². The summed E-state index contributed by atoms with van der Waals surface area (Å²) in [5.74, 6) is 4.70. The van der Waals surface area contributed by atoms with Gasteiger partial charge >= 0.3 is 5.97 Å². The molecule has 0 bridgehead atoms. The normalized spacial score (nSPS) is 24.1. The van der Waals surface area contributed by atoms with Gasteiger partial charge in [0.1, 0.15) is 11.9 Å². The summed E-state index contributed by atoms with van der Waals surface area (Å²) < 4.78 is 6.23. The van der Waals surface area contributed by atoms with Crippen molar-refractivity contribution in [3.63, 3.8) is 0 Å². The maximum atomic E-state index is 13.2. The molecule has 3 saturated carbocycles. The van der Waals surface area contributed by atoms with Crippen LogP contribution in [0.3, 0.4) is 0 Å². The first kappa shape index (κ1) is 47.3. The lowest BCUT2D eigenvalue weighted by molar-refractivity contribution is -0.151. The Hall–Kier alpha value is -1.12. The monoisotopic (exact) mass is 753 g/mol. The summed E-state index contributed by atoms with van der Waals surface area (Å²) in [4.78, 5) is 25.8. The van der Waals surface area contributed by atoms with Gasteiger partial charge in [-0.2, -0.15) is 0 Å². The van der Waals surface area contributed by atoms with Crippen molar-refractivity contribution in [1.29, 1.82) is 0 Å². The van der Waals surface area contributed by atoms with Gasteiger partial charge in [-0.1, -0.05) is 200 Å². The van der Waals surface area contributed by atoms with Crippen LogP contribution in [0.25, 0.3) is 0 Å². The minimum atomic E-state index is -0.0473. The summed E-state index contributed by atoms with van der Waals surface area (Å²) in [6.45, 7) is 6.74. The number of hydrogen-bond acceptors (Lipinski definition) is 3. The van der Waals surface area contributed by atoms with Gasteiger partial charge in [-0.05, 0) is 87.4 Å². The van der Waals surface area contributed by atoms with Crippen LogP contribution in [0.1, 0.15) is 258 Å². The fraction of sp³-hybridized carbons (Fsp3) is 0.922. The van der Waals surface area contributed by atoms with E-state index in [1.807, 2.05) is 0 Å². The second kappa shape index (κ2) is 30.9. The van der Waals surface area contributed by atoms with Crippen molar-refractivity contribution in [1.82, 2.24) is 0 Å². The third-order valence-corrected chi connectivity index (χ3v) is 14.0. The Morgan fingerprint density at radius 1 is 0.556 bits per heavy atom. The largest absolute Gasteiger partial charge is 0.462 e. The highest BCUT2D eigenvalue weighted by molar-refractivity contribution is 5.84. The molecule has 0 spiro atoms. The van der Waals surface area contributed by atoms with Gasteiger partial charge < -0.3 is 4.74 Å². The Kier molecular flexibility index (Phi) is 27.1. The molecule has 3 heteroatoms. The molecule has 3 nitrogen and oxygen atoms in total. The van der Waals surface area contributed by atoms with Crippen LogP contribution in [0.5, 0.6) is 0 Å².